The lowest BCUT2D eigenvalue weighted by atomic mass is 9.82. The van der Waals surface area contributed by atoms with E-state index in [0.717, 1.165) is 63.2 Å². The number of carbonyl (C=O) groups excluding carboxylic acids is 1. The Labute approximate surface area is 158 Å². The van der Waals surface area contributed by atoms with Crippen molar-refractivity contribution in [3.8, 4) is 0 Å². The molecule has 26 heavy (non-hydrogen) atoms. The maximum Gasteiger partial charge on any atom is 0.220 e. The molecule has 2 atom stereocenters. The highest BCUT2D eigenvalue weighted by atomic mass is 16.1. The van der Waals surface area contributed by atoms with E-state index in [1.54, 1.807) is 0 Å². The summed E-state index contributed by atoms with van der Waals surface area (Å²) in [6, 6.07) is 0. The van der Waals surface area contributed by atoms with Gasteiger partial charge in [-0.1, -0.05) is 12.8 Å². The van der Waals surface area contributed by atoms with Crippen LogP contribution in [0.3, 0.4) is 0 Å². The van der Waals surface area contributed by atoms with Crippen molar-refractivity contribution < 1.29 is 4.79 Å². The van der Waals surface area contributed by atoms with E-state index in [2.05, 4.69) is 20.1 Å². The molecule has 6 nitrogen and oxygen atoms in total. The van der Waals surface area contributed by atoms with E-state index in [0.29, 0.717) is 0 Å². The Bertz CT molecular complexity index is 473. The number of nitrogens with one attached hydrogen (secondary N) is 1. The van der Waals surface area contributed by atoms with Crippen molar-refractivity contribution in [1.82, 2.24) is 15.1 Å². The molecule has 6 heteroatoms. The van der Waals surface area contributed by atoms with Crippen LogP contribution in [0.15, 0.2) is 4.99 Å². The van der Waals surface area contributed by atoms with E-state index in [4.69, 9.17) is 5.73 Å². The molecule has 148 valence electrons. The number of piperidine rings is 1. The van der Waals surface area contributed by atoms with Gasteiger partial charge in [0.25, 0.3) is 0 Å². The van der Waals surface area contributed by atoms with E-state index < -0.39 is 0 Å². The largest absolute Gasteiger partial charge is 0.369 e. The molecule has 3 fully saturated rings. The van der Waals surface area contributed by atoms with Crippen LogP contribution >= 0.6 is 0 Å². The minimum Gasteiger partial charge on any atom is -0.369 e. The van der Waals surface area contributed by atoms with Crippen LogP contribution in [0.4, 0.5) is 0 Å². The van der Waals surface area contributed by atoms with Crippen LogP contribution in [-0.4, -0.2) is 68.0 Å². The van der Waals surface area contributed by atoms with Crippen LogP contribution in [0.1, 0.15) is 51.4 Å². The number of guanidine groups is 1. The van der Waals surface area contributed by atoms with Crippen molar-refractivity contribution >= 4 is 11.9 Å². The highest BCUT2D eigenvalue weighted by molar-refractivity contribution is 5.80. The summed E-state index contributed by atoms with van der Waals surface area (Å²) >= 11 is 0. The van der Waals surface area contributed by atoms with Crippen molar-refractivity contribution in [1.29, 1.82) is 0 Å². The van der Waals surface area contributed by atoms with Crippen LogP contribution in [0.25, 0.3) is 0 Å². The first kappa shape index (κ1) is 19.5. The zero-order valence-corrected chi connectivity index (χ0v) is 16.5. The number of hydrogen-bond acceptors (Lipinski definition) is 3. The molecular formula is C20H37N5O. The quantitative estimate of drug-likeness (QED) is 0.428. The van der Waals surface area contributed by atoms with E-state index in [1.165, 1.54) is 45.2 Å². The summed E-state index contributed by atoms with van der Waals surface area (Å²) < 4.78 is 0. The molecule has 3 N–H and O–H groups in total. The third-order valence-electron chi connectivity index (χ3n) is 6.66. The zero-order valence-electron chi connectivity index (χ0n) is 16.5. The van der Waals surface area contributed by atoms with Crippen molar-refractivity contribution in [2.24, 2.45) is 28.5 Å². The monoisotopic (exact) mass is 363 g/mol. The fourth-order valence-corrected chi connectivity index (χ4v) is 5.01. The van der Waals surface area contributed by atoms with Gasteiger partial charge in [0.1, 0.15) is 0 Å². The van der Waals surface area contributed by atoms with Crippen molar-refractivity contribution in [3.63, 3.8) is 0 Å². The predicted molar refractivity (Wildman–Crippen MR) is 106 cm³/mol. The third kappa shape index (κ3) is 5.12. The normalized spacial score (nSPS) is 28.2. The van der Waals surface area contributed by atoms with E-state index in [9.17, 15) is 4.79 Å². The molecule has 1 saturated carbocycles. The molecule has 0 aromatic rings. The number of amides is 1. The van der Waals surface area contributed by atoms with E-state index in [1.807, 2.05) is 7.05 Å². The maximum absolute atomic E-state index is 11.2. The molecular weight excluding hydrogens is 326 g/mol. The first-order valence-electron chi connectivity index (χ1n) is 10.6. The van der Waals surface area contributed by atoms with Gasteiger partial charge in [0, 0.05) is 32.6 Å². The van der Waals surface area contributed by atoms with Gasteiger partial charge < -0.3 is 20.9 Å². The number of aliphatic imine (C=N–C) groups is 1. The van der Waals surface area contributed by atoms with Gasteiger partial charge in [-0.2, -0.15) is 0 Å². The summed E-state index contributed by atoms with van der Waals surface area (Å²) in [5.41, 5.74) is 5.40. The molecule has 2 unspecified atom stereocenters. The number of unbranched alkanes of at least 4 members (excludes halogenated alkanes) is 1. The molecule has 0 bridgehead atoms. The van der Waals surface area contributed by atoms with Gasteiger partial charge in [0.05, 0.1) is 0 Å². The summed E-state index contributed by atoms with van der Waals surface area (Å²) in [5.74, 6) is 2.86. The average molecular weight is 364 g/mol. The molecule has 1 amide bonds. The highest BCUT2D eigenvalue weighted by Crippen LogP contribution is 2.35. The number of nitrogens with two attached hydrogens (primary N) is 1. The number of likely N-dealkylation sites (tertiary alicyclic amines) is 2. The smallest absolute Gasteiger partial charge is 0.220 e. The molecule has 0 aromatic heterocycles. The third-order valence-corrected chi connectivity index (χ3v) is 6.66. The molecule has 1 aliphatic carbocycles. The SMILES string of the molecule is CN=C(NCCCCN1CCC(C(N)=O)CC1)N1CC2CCCCC2C1. The Morgan fingerprint density at radius 2 is 1.73 bits per heavy atom. The lowest BCUT2D eigenvalue weighted by Gasteiger charge is -2.30. The Hall–Kier alpha value is -1.30. The van der Waals surface area contributed by atoms with Crippen LogP contribution in [0.2, 0.25) is 0 Å². The lowest BCUT2D eigenvalue weighted by molar-refractivity contribution is -0.123. The van der Waals surface area contributed by atoms with Crippen LogP contribution in [0, 0.1) is 17.8 Å². The van der Waals surface area contributed by atoms with Gasteiger partial charge in [-0.15, -0.1) is 0 Å². The van der Waals surface area contributed by atoms with E-state index in [-0.39, 0.29) is 11.8 Å². The van der Waals surface area contributed by atoms with Gasteiger partial charge in [-0.25, -0.2) is 0 Å². The Balaban J connectivity index is 1.29. The number of rotatable bonds is 6. The Kier molecular flexibility index (Phi) is 7.17. The molecule has 0 spiro atoms. The van der Waals surface area contributed by atoms with Crippen LogP contribution in [-0.2, 0) is 4.79 Å². The van der Waals surface area contributed by atoms with Gasteiger partial charge in [0.2, 0.25) is 5.91 Å². The summed E-state index contributed by atoms with van der Waals surface area (Å²) in [4.78, 5) is 20.7. The van der Waals surface area contributed by atoms with Gasteiger partial charge >= 0.3 is 0 Å². The fraction of sp³-hybridized carbons (Fsp3) is 0.900. The molecule has 0 aromatic carbocycles. The number of fused-ring (bicyclic) bond motifs is 1. The highest BCUT2D eigenvalue weighted by Gasteiger charge is 2.35. The first-order chi connectivity index (χ1) is 12.7. The Morgan fingerprint density at radius 3 is 2.31 bits per heavy atom. The second-order valence-corrected chi connectivity index (χ2v) is 8.41. The predicted octanol–water partition coefficient (Wildman–Crippen LogP) is 1.66. The minimum absolute atomic E-state index is 0.0976. The van der Waals surface area contributed by atoms with Crippen LogP contribution < -0.4 is 11.1 Å². The van der Waals surface area contributed by atoms with Crippen LogP contribution in [0.5, 0.6) is 0 Å². The molecule has 2 saturated heterocycles. The topological polar surface area (TPSA) is 74.0 Å². The second-order valence-electron chi connectivity index (χ2n) is 8.41. The molecule has 0 radical (unpaired) electrons. The first-order valence-corrected chi connectivity index (χ1v) is 10.6. The molecule has 2 aliphatic heterocycles. The number of carbonyl (C=O) groups is 1. The zero-order chi connectivity index (χ0) is 18.4. The van der Waals surface area contributed by atoms with Crippen molar-refractivity contribution in [2.45, 2.75) is 51.4 Å². The minimum atomic E-state index is -0.123. The summed E-state index contributed by atoms with van der Waals surface area (Å²) in [6.07, 6.45) is 9.85. The van der Waals surface area contributed by atoms with Crippen molar-refractivity contribution in [2.75, 3.05) is 46.3 Å². The summed E-state index contributed by atoms with van der Waals surface area (Å²) in [7, 11) is 1.91. The van der Waals surface area contributed by atoms with Gasteiger partial charge in [-0.3, -0.25) is 9.79 Å². The average Bonchev–Trinajstić information content (AvgIpc) is 3.09. The second kappa shape index (κ2) is 9.58. The summed E-state index contributed by atoms with van der Waals surface area (Å²) in [6.45, 7) is 6.53. The molecule has 3 rings (SSSR count). The number of hydrogen-bond donors (Lipinski definition) is 2. The van der Waals surface area contributed by atoms with E-state index >= 15 is 0 Å². The Morgan fingerprint density at radius 1 is 1.08 bits per heavy atom. The fourth-order valence-electron chi connectivity index (χ4n) is 5.01. The van der Waals surface area contributed by atoms with Gasteiger partial charge in [0.15, 0.2) is 5.96 Å². The van der Waals surface area contributed by atoms with Crippen molar-refractivity contribution in [3.05, 3.63) is 0 Å². The van der Waals surface area contributed by atoms with Gasteiger partial charge in [-0.05, 0) is 70.0 Å². The number of primary amides is 1. The number of nitrogens with zero attached hydrogens (tertiary/aromatic N) is 3. The lowest BCUT2D eigenvalue weighted by Crippen LogP contribution is -2.41. The summed E-state index contributed by atoms with van der Waals surface area (Å²) in [5, 5.41) is 3.58. The maximum atomic E-state index is 11.2. The molecule has 2 heterocycles. The molecule has 3 aliphatic rings. The standard InChI is InChI=1S/C20H37N5O/c1-22-20(25-14-17-6-2-3-7-18(17)15-25)23-10-4-5-11-24-12-8-16(9-13-24)19(21)26/h16-18H,2-15H2,1H3,(H2,21,26)(H,22,23).